The van der Waals surface area contributed by atoms with Crippen molar-refractivity contribution >= 4 is 5.96 Å². The van der Waals surface area contributed by atoms with Crippen LogP contribution in [0.25, 0.3) is 0 Å². The number of benzene rings is 1. The van der Waals surface area contributed by atoms with Gasteiger partial charge in [-0.25, -0.2) is 0 Å². The molecule has 1 saturated carbocycles. The van der Waals surface area contributed by atoms with E-state index in [9.17, 15) is 0 Å². The van der Waals surface area contributed by atoms with Gasteiger partial charge in [0.15, 0.2) is 5.96 Å². The highest BCUT2D eigenvalue weighted by Gasteiger charge is 2.41. The number of hydrogen-bond acceptors (Lipinski definition) is 1. The van der Waals surface area contributed by atoms with Gasteiger partial charge in [-0.2, -0.15) is 0 Å². The van der Waals surface area contributed by atoms with Crippen molar-refractivity contribution in [3.63, 3.8) is 0 Å². The van der Waals surface area contributed by atoms with Crippen LogP contribution < -0.4 is 11.5 Å². The molecule has 1 aliphatic rings. The first-order valence-corrected chi connectivity index (χ1v) is 5.24. The molecular formula is C12H17N3. The summed E-state index contributed by atoms with van der Waals surface area (Å²) in [4.78, 5) is 4.18. The summed E-state index contributed by atoms with van der Waals surface area (Å²) in [5.41, 5.74) is 12.4. The lowest BCUT2D eigenvalue weighted by Crippen LogP contribution is -2.42. The topological polar surface area (TPSA) is 64.4 Å². The number of nitrogens with zero attached hydrogens (tertiary/aromatic N) is 1. The molecule has 0 saturated heterocycles. The molecule has 15 heavy (non-hydrogen) atoms. The SMILES string of the molecule is CC1(c2ccccc2)CC(N=C(N)N)C1. The molecule has 0 bridgehead atoms. The van der Waals surface area contributed by atoms with Crippen LogP contribution in [0.2, 0.25) is 0 Å². The summed E-state index contributed by atoms with van der Waals surface area (Å²) in [6.07, 6.45) is 2.07. The number of hydrogen-bond donors (Lipinski definition) is 2. The van der Waals surface area contributed by atoms with E-state index in [1.165, 1.54) is 5.56 Å². The summed E-state index contributed by atoms with van der Waals surface area (Å²) in [5.74, 6) is 0.204. The van der Waals surface area contributed by atoms with Gasteiger partial charge in [0.2, 0.25) is 0 Å². The van der Waals surface area contributed by atoms with Crippen molar-refractivity contribution < 1.29 is 0 Å². The van der Waals surface area contributed by atoms with Crippen LogP contribution in [0.5, 0.6) is 0 Å². The van der Waals surface area contributed by atoms with Gasteiger partial charge in [0.25, 0.3) is 0 Å². The van der Waals surface area contributed by atoms with E-state index in [4.69, 9.17) is 11.5 Å². The zero-order chi connectivity index (χ0) is 10.9. The molecule has 2 rings (SSSR count). The third-order valence-electron chi connectivity index (χ3n) is 3.17. The third-order valence-corrected chi connectivity index (χ3v) is 3.17. The highest BCUT2D eigenvalue weighted by molar-refractivity contribution is 5.76. The maximum atomic E-state index is 5.36. The zero-order valence-corrected chi connectivity index (χ0v) is 8.98. The van der Waals surface area contributed by atoms with Crippen molar-refractivity contribution in [3.05, 3.63) is 35.9 Å². The van der Waals surface area contributed by atoms with Gasteiger partial charge in [-0.1, -0.05) is 37.3 Å². The van der Waals surface area contributed by atoms with Crippen molar-refractivity contribution in [2.24, 2.45) is 16.5 Å². The molecule has 3 nitrogen and oxygen atoms in total. The first-order valence-electron chi connectivity index (χ1n) is 5.24. The van der Waals surface area contributed by atoms with Crippen LogP contribution in [0.3, 0.4) is 0 Å². The standard InChI is InChI=1S/C12H17N3/c1-12(9-5-3-2-4-6-9)7-10(8-12)15-11(13)14/h2-6,10H,7-8H2,1H3,(H4,13,14,15). The van der Waals surface area contributed by atoms with E-state index in [1.807, 2.05) is 6.07 Å². The van der Waals surface area contributed by atoms with Crippen molar-refractivity contribution in [3.8, 4) is 0 Å². The molecule has 0 heterocycles. The molecule has 0 radical (unpaired) electrons. The number of nitrogens with two attached hydrogens (primary N) is 2. The Morgan fingerprint density at radius 2 is 1.87 bits per heavy atom. The fourth-order valence-electron chi connectivity index (χ4n) is 2.36. The summed E-state index contributed by atoms with van der Waals surface area (Å²) in [6, 6.07) is 10.8. The normalized spacial score (nSPS) is 29.3. The minimum absolute atomic E-state index is 0.204. The zero-order valence-electron chi connectivity index (χ0n) is 8.98. The highest BCUT2D eigenvalue weighted by atomic mass is 15.0. The molecule has 0 aromatic heterocycles. The first kappa shape index (κ1) is 10.0. The average Bonchev–Trinajstić information content (AvgIpc) is 2.16. The Labute approximate surface area is 90.2 Å². The van der Waals surface area contributed by atoms with Gasteiger partial charge in [0.1, 0.15) is 0 Å². The van der Waals surface area contributed by atoms with Gasteiger partial charge in [-0.15, -0.1) is 0 Å². The fourth-order valence-corrected chi connectivity index (χ4v) is 2.36. The lowest BCUT2D eigenvalue weighted by atomic mass is 9.63. The fraction of sp³-hybridized carbons (Fsp3) is 0.417. The van der Waals surface area contributed by atoms with Crippen molar-refractivity contribution in [2.75, 3.05) is 0 Å². The molecule has 0 amide bonds. The van der Waals surface area contributed by atoms with Crippen LogP contribution in [0.1, 0.15) is 25.3 Å². The number of rotatable bonds is 2. The van der Waals surface area contributed by atoms with Gasteiger partial charge in [0.05, 0.1) is 6.04 Å². The molecule has 0 unspecified atom stereocenters. The van der Waals surface area contributed by atoms with E-state index >= 15 is 0 Å². The van der Waals surface area contributed by atoms with Crippen LogP contribution in [0.4, 0.5) is 0 Å². The third kappa shape index (κ3) is 1.96. The average molecular weight is 203 g/mol. The van der Waals surface area contributed by atoms with E-state index < -0.39 is 0 Å². The molecule has 1 aliphatic carbocycles. The second-order valence-corrected chi connectivity index (χ2v) is 4.54. The highest BCUT2D eigenvalue weighted by Crippen LogP contribution is 2.44. The monoisotopic (exact) mass is 203 g/mol. The molecule has 0 atom stereocenters. The van der Waals surface area contributed by atoms with E-state index in [0.29, 0.717) is 6.04 Å². The summed E-state index contributed by atoms with van der Waals surface area (Å²) >= 11 is 0. The molecule has 4 N–H and O–H groups in total. The Hall–Kier alpha value is -1.51. The van der Waals surface area contributed by atoms with Gasteiger partial charge in [-0.3, -0.25) is 4.99 Å². The lowest BCUT2D eigenvalue weighted by molar-refractivity contribution is 0.229. The molecule has 0 aliphatic heterocycles. The Balaban J connectivity index is 2.06. The first-order chi connectivity index (χ1) is 7.10. The maximum Gasteiger partial charge on any atom is 0.186 e. The smallest absolute Gasteiger partial charge is 0.186 e. The summed E-state index contributed by atoms with van der Waals surface area (Å²) in [5, 5.41) is 0. The summed E-state index contributed by atoms with van der Waals surface area (Å²) in [6.45, 7) is 2.26. The van der Waals surface area contributed by atoms with Gasteiger partial charge in [0, 0.05) is 0 Å². The molecule has 1 aromatic rings. The van der Waals surface area contributed by atoms with Crippen LogP contribution in [0.15, 0.2) is 35.3 Å². The molecule has 80 valence electrons. The molecule has 1 aromatic carbocycles. The molecule has 1 fully saturated rings. The van der Waals surface area contributed by atoms with E-state index in [-0.39, 0.29) is 11.4 Å². The Kier molecular flexibility index (Phi) is 2.39. The van der Waals surface area contributed by atoms with Gasteiger partial charge >= 0.3 is 0 Å². The van der Waals surface area contributed by atoms with Crippen LogP contribution >= 0.6 is 0 Å². The van der Waals surface area contributed by atoms with Crippen LogP contribution in [-0.2, 0) is 5.41 Å². The largest absolute Gasteiger partial charge is 0.370 e. The van der Waals surface area contributed by atoms with Crippen LogP contribution in [-0.4, -0.2) is 12.0 Å². The molecule has 3 heteroatoms. The second kappa shape index (κ2) is 3.57. The van der Waals surface area contributed by atoms with Gasteiger partial charge in [-0.05, 0) is 23.8 Å². The Morgan fingerprint density at radius 3 is 2.40 bits per heavy atom. The van der Waals surface area contributed by atoms with E-state index in [1.54, 1.807) is 0 Å². The summed E-state index contributed by atoms with van der Waals surface area (Å²) in [7, 11) is 0. The Morgan fingerprint density at radius 1 is 1.27 bits per heavy atom. The van der Waals surface area contributed by atoms with E-state index in [2.05, 4.69) is 36.2 Å². The van der Waals surface area contributed by atoms with Crippen LogP contribution in [0, 0.1) is 0 Å². The maximum absolute atomic E-state index is 5.36. The van der Waals surface area contributed by atoms with Crippen molar-refractivity contribution in [1.29, 1.82) is 0 Å². The van der Waals surface area contributed by atoms with Crippen molar-refractivity contribution in [2.45, 2.75) is 31.2 Å². The predicted molar refractivity (Wildman–Crippen MR) is 62.6 cm³/mol. The minimum atomic E-state index is 0.204. The quantitative estimate of drug-likeness (QED) is 0.563. The summed E-state index contributed by atoms with van der Waals surface area (Å²) < 4.78 is 0. The van der Waals surface area contributed by atoms with E-state index in [0.717, 1.165) is 12.8 Å². The minimum Gasteiger partial charge on any atom is -0.370 e. The predicted octanol–water partition coefficient (Wildman–Crippen LogP) is 1.38. The molecule has 0 spiro atoms. The number of guanidine groups is 1. The molecular weight excluding hydrogens is 186 g/mol. The number of aliphatic imine (C=N–C) groups is 1. The lowest BCUT2D eigenvalue weighted by Gasteiger charge is -2.43. The van der Waals surface area contributed by atoms with Crippen molar-refractivity contribution in [1.82, 2.24) is 0 Å². The second-order valence-electron chi connectivity index (χ2n) is 4.54. The van der Waals surface area contributed by atoms with Gasteiger partial charge < -0.3 is 11.5 Å². The Bertz CT molecular complexity index is 360.